The van der Waals surface area contributed by atoms with Gasteiger partial charge in [-0.05, 0) is 12.8 Å². The van der Waals surface area contributed by atoms with Gasteiger partial charge in [-0.25, -0.2) is 4.79 Å². The van der Waals surface area contributed by atoms with Crippen LogP contribution in [0.25, 0.3) is 0 Å². The van der Waals surface area contributed by atoms with Crippen LogP contribution >= 0.6 is 0 Å². The molecule has 1 atom stereocenters. The first-order valence-corrected chi connectivity index (χ1v) is 5.46. The van der Waals surface area contributed by atoms with Gasteiger partial charge in [-0.1, -0.05) is 0 Å². The molecule has 1 aromatic rings. The number of hydrogen-bond donors (Lipinski definition) is 3. The molecule has 0 fully saturated rings. The van der Waals surface area contributed by atoms with Crippen LogP contribution in [0.4, 0.5) is 13.2 Å². The fourth-order valence-electron chi connectivity index (χ4n) is 2.07. The molecule has 2 rings (SSSR count). The van der Waals surface area contributed by atoms with Gasteiger partial charge in [0.25, 0.3) is 0 Å². The lowest BCUT2D eigenvalue weighted by Crippen LogP contribution is -2.45. The zero-order valence-electron chi connectivity index (χ0n) is 9.54. The molecule has 0 bridgehead atoms. The molecule has 1 amide bonds. The SMILES string of the molecule is O=C(O)c1n[nH]c2c1CCC(NC(=O)C(F)(F)F)C2. The molecule has 1 aliphatic rings. The van der Waals surface area contributed by atoms with Crippen LogP contribution in [0.5, 0.6) is 0 Å². The van der Waals surface area contributed by atoms with Crippen molar-refractivity contribution in [3.05, 3.63) is 17.0 Å². The fraction of sp³-hybridized carbons (Fsp3) is 0.500. The Morgan fingerprint density at radius 3 is 2.68 bits per heavy atom. The predicted molar refractivity (Wildman–Crippen MR) is 55.6 cm³/mol. The molecular weight excluding hydrogens is 267 g/mol. The first-order valence-electron chi connectivity index (χ1n) is 5.46. The zero-order valence-corrected chi connectivity index (χ0v) is 9.54. The second kappa shape index (κ2) is 4.56. The summed E-state index contributed by atoms with van der Waals surface area (Å²) in [6, 6.07) is -0.677. The summed E-state index contributed by atoms with van der Waals surface area (Å²) < 4.78 is 36.3. The number of amides is 1. The molecule has 9 heteroatoms. The summed E-state index contributed by atoms with van der Waals surface area (Å²) in [4.78, 5) is 21.6. The number of carbonyl (C=O) groups excluding carboxylic acids is 1. The molecule has 104 valence electrons. The lowest BCUT2D eigenvalue weighted by atomic mass is 9.92. The number of nitrogens with zero attached hydrogens (tertiary/aromatic N) is 1. The quantitative estimate of drug-likeness (QED) is 0.739. The van der Waals surface area contributed by atoms with Crippen LogP contribution in [0.15, 0.2) is 0 Å². The van der Waals surface area contributed by atoms with Crippen molar-refractivity contribution < 1.29 is 27.9 Å². The third-order valence-corrected chi connectivity index (χ3v) is 2.94. The van der Waals surface area contributed by atoms with Gasteiger partial charge in [-0.3, -0.25) is 9.89 Å². The minimum Gasteiger partial charge on any atom is -0.476 e. The van der Waals surface area contributed by atoms with E-state index in [1.165, 1.54) is 0 Å². The van der Waals surface area contributed by atoms with Crippen molar-refractivity contribution >= 4 is 11.9 Å². The Hall–Kier alpha value is -2.06. The minimum atomic E-state index is -4.92. The highest BCUT2D eigenvalue weighted by atomic mass is 19.4. The average Bonchev–Trinajstić information content (AvgIpc) is 2.70. The van der Waals surface area contributed by atoms with Crippen LogP contribution < -0.4 is 5.32 Å². The fourth-order valence-corrected chi connectivity index (χ4v) is 2.07. The van der Waals surface area contributed by atoms with E-state index in [2.05, 4.69) is 10.2 Å². The molecule has 0 aliphatic heterocycles. The number of carbonyl (C=O) groups is 2. The second-order valence-corrected chi connectivity index (χ2v) is 4.25. The van der Waals surface area contributed by atoms with Crippen molar-refractivity contribution in [3.8, 4) is 0 Å². The Bertz CT molecular complexity index is 524. The number of carboxylic acids is 1. The number of aromatic amines is 1. The normalized spacial score (nSPS) is 18.8. The van der Waals surface area contributed by atoms with Gasteiger partial charge in [0.15, 0.2) is 5.69 Å². The van der Waals surface area contributed by atoms with E-state index in [-0.39, 0.29) is 25.0 Å². The Morgan fingerprint density at radius 2 is 2.11 bits per heavy atom. The van der Waals surface area contributed by atoms with Crippen molar-refractivity contribution in [2.75, 3.05) is 0 Å². The van der Waals surface area contributed by atoms with Crippen LogP contribution in [0, 0.1) is 0 Å². The molecule has 19 heavy (non-hydrogen) atoms. The monoisotopic (exact) mass is 277 g/mol. The standard InChI is InChI=1S/C10H10F3N3O3/c11-10(12,13)9(19)14-4-1-2-5-6(3-4)15-16-7(5)8(17)18/h4H,1-3H2,(H,14,19)(H,15,16)(H,17,18). The molecule has 1 aromatic heterocycles. The highest BCUT2D eigenvalue weighted by Crippen LogP contribution is 2.23. The van der Waals surface area contributed by atoms with E-state index in [0.717, 1.165) is 0 Å². The summed E-state index contributed by atoms with van der Waals surface area (Å²) in [5.74, 6) is -3.17. The smallest absolute Gasteiger partial charge is 0.471 e. The van der Waals surface area contributed by atoms with Gasteiger partial charge in [-0.2, -0.15) is 18.3 Å². The largest absolute Gasteiger partial charge is 0.476 e. The molecule has 0 spiro atoms. The van der Waals surface area contributed by atoms with E-state index in [9.17, 15) is 22.8 Å². The van der Waals surface area contributed by atoms with Gasteiger partial charge in [0.2, 0.25) is 0 Å². The molecule has 3 N–H and O–H groups in total. The maximum atomic E-state index is 12.1. The summed E-state index contributed by atoms with van der Waals surface area (Å²) in [6.45, 7) is 0. The van der Waals surface area contributed by atoms with Gasteiger partial charge in [0.1, 0.15) is 0 Å². The summed E-state index contributed by atoms with van der Waals surface area (Å²) in [5.41, 5.74) is 0.830. The number of aromatic carboxylic acids is 1. The lowest BCUT2D eigenvalue weighted by molar-refractivity contribution is -0.174. The molecular formula is C10H10F3N3O3. The molecule has 6 nitrogen and oxygen atoms in total. The number of hydrogen-bond acceptors (Lipinski definition) is 3. The maximum Gasteiger partial charge on any atom is 0.471 e. The van der Waals surface area contributed by atoms with E-state index in [4.69, 9.17) is 5.11 Å². The number of fused-ring (bicyclic) bond motifs is 1. The van der Waals surface area contributed by atoms with E-state index in [0.29, 0.717) is 11.3 Å². The molecule has 0 saturated heterocycles. The minimum absolute atomic E-state index is 0.109. The second-order valence-electron chi connectivity index (χ2n) is 4.25. The van der Waals surface area contributed by atoms with Crippen LogP contribution in [-0.4, -0.2) is 39.4 Å². The molecule has 0 saturated carbocycles. The van der Waals surface area contributed by atoms with Gasteiger partial charge in [-0.15, -0.1) is 0 Å². The summed E-state index contributed by atoms with van der Waals surface area (Å²) in [6.07, 6.45) is -4.30. The first-order chi connectivity index (χ1) is 8.79. The van der Waals surface area contributed by atoms with E-state index < -0.39 is 24.1 Å². The van der Waals surface area contributed by atoms with E-state index >= 15 is 0 Å². The molecule has 0 aromatic carbocycles. The van der Waals surface area contributed by atoms with Gasteiger partial charge in [0, 0.05) is 23.7 Å². The van der Waals surface area contributed by atoms with Crippen LogP contribution in [0.1, 0.15) is 28.2 Å². The summed E-state index contributed by atoms with van der Waals surface area (Å²) in [5, 5.41) is 16.8. The van der Waals surface area contributed by atoms with Crippen molar-refractivity contribution in [2.45, 2.75) is 31.5 Å². The molecule has 1 heterocycles. The first kappa shape index (κ1) is 13.4. The molecule has 1 aliphatic carbocycles. The highest BCUT2D eigenvalue weighted by molar-refractivity contribution is 5.87. The summed E-state index contributed by atoms with van der Waals surface area (Å²) >= 11 is 0. The van der Waals surface area contributed by atoms with Gasteiger partial charge in [0.05, 0.1) is 0 Å². The number of alkyl halides is 3. The lowest BCUT2D eigenvalue weighted by Gasteiger charge is -2.23. The number of nitrogens with one attached hydrogen (secondary N) is 2. The van der Waals surface area contributed by atoms with Gasteiger partial charge >= 0.3 is 18.1 Å². The Balaban J connectivity index is 2.07. The van der Waals surface area contributed by atoms with Crippen molar-refractivity contribution in [2.24, 2.45) is 0 Å². The number of rotatable bonds is 2. The Labute approximate surface area is 105 Å². The van der Waals surface area contributed by atoms with Crippen LogP contribution in [-0.2, 0) is 17.6 Å². The topological polar surface area (TPSA) is 95.1 Å². The average molecular weight is 277 g/mol. The van der Waals surface area contributed by atoms with Crippen LogP contribution in [0.2, 0.25) is 0 Å². The van der Waals surface area contributed by atoms with Crippen LogP contribution in [0.3, 0.4) is 0 Å². The Kier molecular flexibility index (Phi) is 3.21. The Morgan fingerprint density at radius 1 is 1.42 bits per heavy atom. The number of halogens is 3. The maximum absolute atomic E-state index is 12.1. The third kappa shape index (κ3) is 2.69. The number of aromatic nitrogens is 2. The number of carboxylic acid groups (broad SMARTS) is 1. The molecule has 0 radical (unpaired) electrons. The summed E-state index contributed by atoms with van der Waals surface area (Å²) in [7, 11) is 0. The van der Waals surface area contributed by atoms with E-state index in [1.54, 1.807) is 0 Å². The van der Waals surface area contributed by atoms with Crippen molar-refractivity contribution in [1.82, 2.24) is 15.5 Å². The number of H-pyrrole nitrogens is 1. The zero-order chi connectivity index (χ0) is 14.2. The van der Waals surface area contributed by atoms with Crippen molar-refractivity contribution in [3.63, 3.8) is 0 Å². The third-order valence-electron chi connectivity index (χ3n) is 2.94. The van der Waals surface area contributed by atoms with Crippen molar-refractivity contribution in [1.29, 1.82) is 0 Å². The highest BCUT2D eigenvalue weighted by Gasteiger charge is 2.40. The van der Waals surface area contributed by atoms with E-state index in [1.807, 2.05) is 5.32 Å². The molecule has 1 unspecified atom stereocenters. The van der Waals surface area contributed by atoms with Gasteiger partial charge < -0.3 is 10.4 Å². The predicted octanol–water partition coefficient (Wildman–Crippen LogP) is 0.644.